The van der Waals surface area contributed by atoms with E-state index in [1.165, 1.54) is 36.4 Å². The molecular formula is C21H18Cl2N2O5. The molecule has 1 unspecified atom stereocenters. The van der Waals surface area contributed by atoms with E-state index >= 15 is 0 Å². The van der Waals surface area contributed by atoms with Crippen molar-refractivity contribution in [2.24, 2.45) is 0 Å². The molecule has 2 aromatic rings. The highest BCUT2D eigenvalue weighted by atomic mass is 35.5. The normalized spacial score (nSPS) is 13.8. The second kappa shape index (κ2) is 8.85. The standard InChI is InChI=1S/C21H18Cl2N2O5/c1-3-11(2)24-18(26)10-30-21(29)12-4-6-14-15(8-12)20(28)25(19(14)27)13-5-7-16(22)17(23)9-13/h4-9,11H,3,10H2,1-2H3,(H,24,26). The molecule has 3 amide bonds. The summed E-state index contributed by atoms with van der Waals surface area (Å²) in [6.45, 7) is 3.31. The zero-order valence-corrected chi connectivity index (χ0v) is 17.7. The van der Waals surface area contributed by atoms with Crippen LogP contribution in [0.4, 0.5) is 5.69 Å². The number of fused-ring (bicyclic) bond motifs is 1. The first-order valence-electron chi connectivity index (χ1n) is 9.17. The molecule has 1 atom stereocenters. The Morgan fingerprint density at radius 2 is 1.73 bits per heavy atom. The molecule has 1 N–H and O–H groups in total. The zero-order valence-electron chi connectivity index (χ0n) is 16.2. The van der Waals surface area contributed by atoms with Crippen LogP contribution in [0.15, 0.2) is 36.4 Å². The van der Waals surface area contributed by atoms with Crippen LogP contribution in [0.1, 0.15) is 51.3 Å². The molecule has 0 radical (unpaired) electrons. The van der Waals surface area contributed by atoms with Gasteiger partial charge in [0.15, 0.2) is 6.61 Å². The Labute approximate surface area is 182 Å². The summed E-state index contributed by atoms with van der Waals surface area (Å²) < 4.78 is 5.00. The third-order valence-corrected chi connectivity index (χ3v) is 5.38. The number of carbonyl (C=O) groups is 4. The second-order valence-corrected chi connectivity index (χ2v) is 7.57. The fourth-order valence-corrected chi connectivity index (χ4v) is 3.15. The van der Waals surface area contributed by atoms with Gasteiger partial charge in [-0.3, -0.25) is 14.4 Å². The smallest absolute Gasteiger partial charge is 0.338 e. The van der Waals surface area contributed by atoms with E-state index in [0.717, 1.165) is 11.3 Å². The predicted molar refractivity (Wildman–Crippen MR) is 112 cm³/mol. The number of benzene rings is 2. The summed E-state index contributed by atoms with van der Waals surface area (Å²) in [6, 6.07) is 8.39. The number of ether oxygens (including phenoxy) is 1. The predicted octanol–water partition coefficient (Wildman–Crippen LogP) is 3.87. The molecule has 0 saturated heterocycles. The summed E-state index contributed by atoms with van der Waals surface area (Å²) in [6.07, 6.45) is 0.746. The van der Waals surface area contributed by atoms with Gasteiger partial charge in [-0.05, 0) is 49.7 Å². The first-order chi connectivity index (χ1) is 14.2. The number of imide groups is 1. The van der Waals surface area contributed by atoms with Gasteiger partial charge in [0.2, 0.25) is 0 Å². The van der Waals surface area contributed by atoms with Gasteiger partial charge in [-0.1, -0.05) is 30.1 Å². The van der Waals surface area contributed by atoms with Crippen LogP contribution in [0.2, 0.25) is 10.0 Å². The van der Waals surface area contributed by atoms with E-state index < -0.39 is 30.3 Å². The van der Waals surface area contributed by atoms with Crippen LogP contribution < -0.4 is 10.2 Å². The average Bonchev–Trinajstić information content (AvgIpc) is 2.98. The molecule has 0 aliphatic carbocycles. The fraction of sp³-hybridized carbons (Fsp3) is 0.238. The van der Waals surface area contributed by atoms with Gasteiger partial charge < -0.3 is 10.1 Å². The van der Waals surface area contributed by atoms with Crippen molar-refractivity contribution in [3.8, 4) is 0 Å². The highest BCUT2D eigenvalue weighted by Gasteiger charge is 2.37. The van der Waals surface area contributed by atoms with Crippen molar-refractivity contribution in [3.05, 3.63) is 63.1 Å². The van der Waals surface area contributed by atoms with Gasteiger partial charge in [-0.25, -0.2) is 9.69 Å². The van der Waals surface area contributed by atoms with Crippen molar-refractivity contribution in [1.29, 1.82) is 0 Å². The lowest BCUT2D eigenvalue weighted by Gasteiger charge is -2.14. The monoisotopic (exact) mass is 448 g/mol. The van der Waals surface area contributed by atoms with Gasteiger partial charge >= 0.3 is 5.97 Å². The minimum Gasteiger partial charge on any atom is -0.452 e. The fourth-order valence-electron chi connectivity index (χ4n) is 2.86. The van der Waals surface area contributed by atoms with Crippen molar-refractivity contribution >= 4 is 52.6 Å². The molecule has 0 spiro atoms. The maximum absolute atomic E-state index is 12.8. The van der Waals surface area contributed by atoms with Gasteiger partial charge in [-0.15, -0.1) is 0 Å². The van der Waals surface area contributed by atoms with Crippen LogP contribution >= 0.6 is 23.2 Å². The van der Waals surface area contributed by atoms with Gasteiger partial charge in [0, 0.05) is 6.04 Å². The van der Waals surface area contributed by atoms with Gasteiger partial charge in [-0.2, -0.15) is 0 Å². The minimum absolute atomic E-state index is 0.0350. The third kappa shape index (κ3) is 4.32. The Hall–Kier alpha value is -2.90. The van der Waals surface area contributed by atoms with E-state index in [1.807, 2.05) is 13.8 Å². The molecule has 3 rings (SSSR count). The van der Waals surface area contributed by atoms with Crippen LogP contribution in [0, 0.1) is 0 Å². The Morgan fingerprint density at radius 3 is 2.40 bits per heavy atom. The molecule has 0 aromatic heterocycles. The molecule has 1 aliphatic rings. The van der Waals surface area contributed by atoms with E-state index in [4.69, 9.17) is 27.9 Å². The Bertz CT molecular complexity index is 1050. The molecule has 0 fully saturated rings. The SMILES string of the molecule is CCC(C)NC(=O)COC(=O)c1ccc2c(c1)C(=O)N(c1ccc(Cl)c(Cl)c1)C2=O. The van der Waals surface area contributed by atoms with E-state index in [-0.39, 0.29) is 33.4 Å². The average molecular weight is 449 g/mol. The van der Waals surface area contributed by atoms with E-state index in [1.54, 1.807) is 0 Å². The van der Waals surface area contributed by atoms with Gasteiger partial charge in [0.05, 0.1) is 32.4 Å². The number of hydrogen-bond acceptors (Lipinski definition) is 5. The number of hydrogen-bond donors (Lipinski definition) is 1. The Morgan fingerprint density at radius 1 is 1.03 bits per heavy atom. The van der Waals surface area contributed by atoms with Crippen LogP contribution in [0.5, 0.6) is 0 Å². The quantitative estimate of drug-likeness (QED) is 0.534. The lowest BCUT2D eigenvalue weighted by molar-refractivity contribution is -0.124. The highest BCUT2D eigenvalue weighted by Crippen LogP contribution is 2.33. The van der Waals surface area contributed by atoms with Crippen molar-refractivity contribution in [2.45, 2.75) is 26.3 Å². The molecule has 2 aromatic carbocycles. The number of carbonyl (C=O) groups excluding carboxylic acids is 4. The number of halogens is 2. The molecule has 9 heteroatoms. The maximum atomic E-state index is 12.8. The first kappa shape index (κ1) is 21.8. The summed E-state index contributed by atoms with van der Waals surface area (Å²) in [5.74, 6) is -2.33. The van der Waals surface area contributed by atoms with Crippen molar-refractivity contribution < 1.29 is 23.9 Å². The van der Waals surface area contributed by atoms with Crippen LogP contribution in [0.25, 0.3) is 0 Å². The van der Waals surface area contributed by atoms with Gasteiger partial charge in [0.25, 0.3) is 17.7 Å². The summed E-state index contributed by atoms with van der Waals surface area (Å²) in [5, 5.41) is 3.17. The minimum atomic E-state index is -0.773. The number of rotatable bonds is 6. The number of nitrogens with zero attached hydrogens (tertiary/aromatic N) is 1. The topological polar surface area (TPSA) is 92.8 Å². The van der Waals surface area contributed by atoms with Crippen molar-refractivity contribution in [3.63, 3.8) is 0 Å². The Balaban J connectivity index is 1.77. The van der Waals surface area contributed by atoms with E-state index in [9.17, 15) is 19.2 Å². The summed E-state index contributed by atoms with van der Waals surface area (Å²) >= 11 is 11.9. The lowest BCUT2D eigenvalue weighted by atomic mass is 10.1. The van der Waals surface area contributed by atoms with E-state index in [0.29, 0.717) is 5.02 Å². The molecule has 1 heterocycles. The summed E-state index contributed by atoms with van der Waals surface area (Å²) in [4.78, 5) is 50.5. The lowest BCUT2D eigenvalue weighted by Crippen LogP contribution is -2.35. The first-order valence-corrected chi connectivity index (χ1v) is 9.93. The van der Waals surface area contributed by atoms with E-state index in [2.05, 4.69) is 5.32 Å². The highest BCUT2D eigenvalue weighted by molar-refractivity contribution is 6.42. The molecule has 0 bridgehead atoms. The number of nitrogens with one attached hydrogen (secondary N) is 1. The van der Waals surface area contributed by atoms with Crippen LogP contribution in [-0.4, -0.2) is 36.3 Å². The largest absolute Gasteiger partial charge is 0.452 e. The second-order valence-electron chi connectivity index (χ2n) is 6.76. The molecule has 7 nitrogen and oxygen atoms in total. The van der Waals surface area contributed by atoms with Crippen LogP contribution in [-0.2, 0) is 9.53 Å². The molecule has 30 heavy (non-hydrogen) atoms. The summed E-state index contributed by atoms with van der Waals surface area (Å²) in [5.41, 5.74) is 0.533. The van der Waals surface area contributed by atoms with Crippen molar-refractivity contribution in [2.75, 3.05) is 11.5 Å². The molecule has 0 saturated carbocycles. The molecule has 1 aliphatic heterocycles. The third-order valence-electron chi connectivity index (χ3n) is 4.64. The number of amides is 3. The van der Waals surface area contributed by atoms with Crippen molar-refractivity contribution in [1.82, 2.24) is 5.32 Å². The molecule has 156 valence electrons. The number of esters is 1. The zero-order chi connectivity index (χ0) is 22.0. The molecular weight excluding hydrogens is 431 g/mol. The Kier molecular flexibility index (Phi) is 6.43. The summed E-state index contributed by atoms with van der Waals surface area (Å²) in [7, 11) is 0. The van der Waals surface area contributed by atoms with Gasteiger partial charge in [0.1, 0.15) is 0 Å². The van der Waals surface area contributed by atoms with Crippen LogP contribution in [0.3, 0.4) is 0 Å². The number of anilines is 1. The maximum Gasteiger partial charge on any atom is 0.338 e.